The van der Waals surface area contributed by atoms with Gasteiger partial charge in [-0.3, -0.25) is 4.99 Å². The Hall–Kier alpha value is -1.95. The third kappa shape index (κ3) is 4.54. The van der Waals surface area contributed by atoms with E-state index in [0.717, 1.165) is 53.2 Å². The number of guanidine groups is 1. The molecular weight excluding hydrogens is 326 g/mol. The molecule has 2 heterocycles. The Labute approximate surface area is 148 Å². The van der Waals surface area contributed by atoms with Crippen molar-refractivity contribution in [1.29, 1.82) is 0 Å². The van der Waals surface area contributed by atoms with Crippen molar-refractivity contribution in [3.05, 3.63) is 40.0 Å². The van der Waals surface area contributed by atoms with Gasteiger partial charge in [0.1, 0.15) is 5.76 Å². The quantitative estimate of drug-likeness (QED) is 0.642. The van der Waals surface area contributed by atoms with Crippen molar-refractivity contribution < 1.29 is 4.52 Å². The second-order valence-corrected chi connectivity index (χ2v) is 6.34. The molecule has 0 aliphatic rings. The summed E-state index contributed by atoms with van der Waals surface area (Å²) in [5.74, 6) is 1.75. The molecule has 7 heteroatoms. The lowest BCUT2D eigenvalue weighted by atomic mass is 10.1. The Morgan fingerprint density at radius 3 is 2.75 bits per heavy atom. The first kappa shape index (κ1) is 18.4. The molecule has 0 fully saturated rings. The Morgan fingerprint density at radius 1 is 1.46 bits per heavy atom. The van der Waals surface area contributed by atoms with Gasteiger partial charge >= 0.3 is 0 Å². The molecule has 0 amide bonds. The van der Waals surface area contributed by atoms with Gasteiger partial charge in [0, 0.05) is 44.6 Å². The van der Waals surface area contributed by atoms with E-state index in [-0.39, 0.29) is 0 Å². The lowest BCUT2D eigenvalue weighted by Gasteiger charge is -2.22. The Balaban J connectivity index is 2.03. The van der Waals surface area contributed by atoms with E-state index in [2.05, 4.69) is 22.3 Å². The third-order valence-corrected chi connectivity index (χ3v) is 4.18. The summed E-state index contributed by atoms with van der Waals surface area (Å²) in [5, 5.41) is 8.07. The van der Waals surface area contributed by atoms with E-state index in [1.807, 2.05) is 44.8 Å². The second-order valence-electron chi connectivity index (χ2n) is 5.91. The van der Waals surface area contributed by atoms with Crippen LogP contribution in [0.25, 0.3) is 0 Å². The standard InChI is InChI=1S/C17H26ClN5O/c1-6-19-17(20-8-7-16-12(2)21-24-13(16)3)23(5)11-15-9-14(18)10-22(15)4/h9-10H,6-8,11H2,1-5H3,(H,19,20). The Bertz CT molecular complexity index is 684. The van der Waals surface area contributed by atoms with E-state index in [0.29, 0.717) is 6.54 Å². The average Bonchev–Trinajstić information content (AvgIpc) is 3.01. The van der Waals surface area contributed by atoms with Crippen molar-refractivity contribution in [2.75, 3.05) is 20.1 Å². The predicted molar refractivity (Wildman–Crippen MR) is 97.5 cm³/mol. The molecule has 0 bridgehead atoms. The minimum Gasteiger partial charge on any atom is -0.361 e. The van der Waals surface area contributed by atoms with E-state index in [4.69, 9.17) is 21.1 Å². The molecule has 1 N–H and O–H groups in total. The normalized spacial score (nSPS) is 11.8. The number of aliphatic imine (C=N–C) groups is 1. The summed E-state index contributed by atoms with van der Waals surface area (Å²) in [6, 6.07) is 1.98. The van der Waals surface area contributed by atoms with Gasteiger partial charge < -0.3 is 19.3 Å². The maximum Gasteiger partial charge on any atom is 0.194 e. The van der Waals surface area contributed by atoms with E-state index >= 15 is 0 Å². The average molecular weight is 352 g/mol. The zero-order chi connectivity index (χ0) is 17.7. The summed E-state index contributed by atoms with van der Waals surface area (Å²) in [5.41, 5.74) is 3.23. The smallest absolute Gasteiger partial charge is 0.194 e. The number of hydrogen-bond acceptors (Lipinski definition) is 3. The van der Waals surface area contributed by atoms with Crippen molar-refractivity contribution in [3.63, 3.8) is 0 Å². The SMILES string of the molecule is CCNC(=NCCc1c(C)noc1C)N(C)Cc1cc(Cl)cn1C. The van der Waals surface area contributed by atoms with Crippen LogP contribution in [0.3, 0.4) is 0 Å². The molecule has 24 heavy (non-hydrogen) atoms. The molecule has 0 aliphatic heterocycles. The van der Waals surface area contributed by atoms with Crippen LogP contribution < -0.4 is 5.32 Å². The minimum atomic E-state index is 0.684. The summed E-state index contributed by atoms with van der Waals surface area (Å²) in [6.07, 6.45) is 2.73. The highest BCUT2D eigenvalue weighted by Gasteiger charge is 2.11. The van der Waals surface area contributed by atoms with Gasteiger partial charge in [-0.15, -0.1) is 0 Å². The molecule has 0 aliphatic carbocycles. The number of nitrogens with zero attached hydrogens (tertiary/aromatic N) is 4. The fourth-order valence-electron chi connectivity index (χ4n) is 2.64. The molecule has 0 atom stereocenters. The van der Waals surface area contributed by atoms with Gasteiger partial charge in [-0.25, -0.2) is 0 Å². The van der Waals surface area contributed by atoms with Crippen molar-refractivity contribution in [3.8, 4) is 0 Å². The number of hydrogen-bond donors (Lipinski definition) is 1. The van der Waals surface area contributed by atoms with E-state index < -0.39 is 0 Å². The fourth-order valence-corrected chi connectivity index (χ4v) is 2.92. The first-order chi connectivity index (χ1) is 11.4. The highest BCUT2D eigenvalue weighted by molar-refractivity contribution is 6.30. The Morgan fingerprint density at radius 2 is 2.21 bits per heavy atom. The lowest BCUT2D eigenvalue weighted by molar-refractivity contribution is 0.392. The molecule has 2 aromatic heterocycles. The third-order valence-electron chi connectivity index (χ3n) is 3.97. The van der Waals surface area contributed by atoms with Crippen LogP contribution >= 0.6 is 11.6 Å². The van der Waals surface area contributed by atoms with Crippen LogP contribution in [-0.2, 0) is 20.0 Å². The first-order valence-electron chi connectivity index (χ1n) is 8.14. The molecular formula is C17H26ClN5O. The van der Waals surface area contributed by atoms with Crippen LogP contribution in [0.4, 0.5) is 0 Å². The molecule has 0 saturated carbocycles. The molecule has 0 radical (unpaired) electrons. The van der Waals surface area contributed by atoms with E-state index in [1.54, 1.807) is 0 Å². The van der Waals surface area contributed by atoms with Gasteiger partial charge in [0.25, 0.3) is 0 Å². The van der Waals surface area contributed by atoms with Crippen LogP contribution in [0.15, 0.2) is 21.8 Å². The molecule has 0 spiro atoms. The van der Waals surface area contributed by atoms with Crippen molar-refractivity contribution in [2.45, 2.75) is 33.7 Å². The number of halogens is 1. The van der Waals surface area contributed by atoms with Crippen LogP contribution in [0.5, 0.6) is 0 Å². The number of aromatic nitrogens is 2. The largest absolute Gasteiger partial charge is 0.361 e. The number of nitrogens with one attached hydrogen (secondary N) is 1. The first-order valence-corrected chi connectivity index (χ1v) is 8.52. The zero-order valence-electron chi connectivity index (χ0n) is 15.1. The minimum absolute atomic E-state index is 0.684. The molecule has 0 aromatic carbocycles. The summed E-state index contributed by atoms with van der Waals surface area (Å²) < 4.78 is 7.24. The highest BCUT2D eigenvalue weighted by atomic mass is 35.5. The van der Waals surface area contributed by atoms with E-state index in [9.17, 15) is 0 Å². The second kappa shape index (κ2) is 8.24. The van der Waals surface area contributed by atoms with Crippen molar-refractivity contribution in [2.24, 2.45) is 12.0 Å². The van der Waals surface area contributed by atoms with Crippen LogP contribution in [0.1, 0.15) is 29.6 Å². The summed E-state index contributed by atoms with van der Waals surface area (Å²) in [6.45, 7) is 8.21. The molecule has 0 saturated heterocycles. The highest BCUT2D eigenvalue weighted by Crippen LogP contribution is 2.15. The predicted octanol–water partition coefficient (Wildman–Crippen LogP) is 2.92. The van der Waals surface area contributed by atoms with Crippen LogP contribution in [0, 0.1) is 13.8 Å². The maximum atomic E-state index is 6.06. The van der Waals surface area contributed by atoms with Gasteiger partial charge in [-0.05, 0) is 33.3 Å². The van der Waals surface area contributed by atoms with Crippen LogP contribution in [-0.4, -0.2) is 40.7 Å². The summed E-state index contributed by atoms with van der Waals surface area (Å²) >= 11 is 6.06. The van der Waals surface area contributed by atoms with Gasteiger partial charge in [0.05, 0.1) is 17.3 Å². The summed E-state index contributed by atoms with van der Waals surface area (Å²) in [4.78, 5) is 6.82. The number of rotatable bonds is 6. The van der Waals surface area contributed by atoms with Gasteiger partial charge in [-0.2, -0.15) is 0 Å². The van der Waals surface area contributed by atoms with Gasteiger partial charge in [-0.1, -0.05) is 16.8 Å². The molecule has 2 rings (SSSR count). The topological polar surface area (TPSA) is 58.6 Å². The number of aryl methyl sites for hydroxylation is 3. The molecule has 132 valence electrons. The fraction of sp³-hybridized carbons (Fsp3) is 0.529. The maximum absolute atomic E-state index is 6.06. The van der Waals surface area contributed by atoms with Gasteiger partial charge in [0.15, 0.2) is 5.96 Å². The molecule has 2 aromatic rings. The Kier molecular flexibility index (Phi) is 6.31. The lowest BCUT2D eigenvalue weighted by Crippen LogP contribution is -2.39. The molecule has 0 unspecified atom stereocenters. The van der Waals surface area contributed by atoms with E-state index in [1.165, 1.54) is 0 Å². The monoisotopic (exact) mass is 351 g/mol. The van der Waals surface area contributed by atoms with Crippen LogP contribution in [0.2, 0.25) is 5.02 Å². The molecule has 6 nitrogen and oxygen atoms in total. The van der Waals surface area contributed by atoms with Crippen molar-refractivity contribution in [1.82, 2.24) is 19.9 Å². The summed E-state index contributed by atoms with van der Waals surface area (Å²) in [7, 11) is 4.02. The van der Waals surface area contributed by atoms with Crippen molar-refractivity contribution >= 4 is 17.6 Å². The zero-order valence-corrected chi connectivity index (χ0v) is 15.8. The van der Waals surface area contributed by atoms with Gasteiger partial charge in [0.2, 0.25) is 0 Å².